The number of hydrogen-bond acceptors (Lipinski definition) is 7. The van der Waals surface area contributed by atoms with E-state index >= 15 is 0 Å². The summed E-state index contributed by atoms with van der Waals surface area (Å²) < 4.78 is 7.24. The second-order valence-electron chi connectivity index (χ2n) is 8.80. The molecule has 0 bridgehead atoms. The highest BCUT2D eigenvalue weighted by atomic mass is 32.1. The Morgan fingerprint density at radius 3 is 2.31 bits per heavy atom. The van der Waals surface area contributed by atoms with Crippen LogP contribution in [0, 0.1) is 20.8 Å². The summed E-state index contributed by atoms with van der Waals surface area (Å²) in [6.45, 7) is 6.06. The zero-order valence-corrected chi connectivity index (χ0v) is 21.6. The number of ether oxygens (including phenoxy) is 1. The predicted molar refractivity (Wildman–Crippen MR) is 142 cm³/mol. The lowest BCUT2D eigenvalue weighted by atomic mass is 9.99. The predicted octanol–water partition coefficient (Wildman–Crippen LogP) is 5.40. The number of rotatable bonds is 6. The molecule has 0 fully saturated rings. The van der Waals surface area contributed by atoms with E-state index in [1.165, 1.54) is 4.88 Å². The third-order valence-corrected chi connectivity index (χ3v) is 7.79. The lowest BCUT2D eigenvalue weighted by Crippen LogP contribution is -2.11. The summed E-state index contributed by atoms with van der Waals surface area (Å²) in [5.74, 6) is 1.16. The molecule has 184 valence electrons. The fourth-order valence-corrected chi connectivity index (χ4v) is 5.70. The van der Waals surface area contributed by atoms with Gasteiger partial charge in [0.2, 0.25) is 0 Å². The van der Waals surface area contributed by atoms with E-state index in [-0.39, 0.29) is 6.42 Å². The molecular weight excluding hydrogens is 474 g/mol. The number of aliphatic imine (C=N–C) groups is 1. The fourth-order valence-electron chi connectivity index (χ4n) is 4.49. The molecule has 0 spiro atoms. The van der Waals surface area contributed by atoms with E-state index in [9.17, 15) is 9.90 Å². The minimum atomic E-state index is -0.926. The van der Waals surface area contributed by atoms with Crippen molar-refractivity contribution in [2.75, 3.05) is 19.1 Å². The fraction of sp³-hybridized carbons (Fsp3) is 0.259. The number of nitrogens with zero attached hydrogens (tertiary/aromatic N) is 5. The first-order valence-electron chi connectivity index (χ1n) is 11.6. The number of thiophene rings is 1. The maximum atomic E-state index is 11.7. The van der Waals surface area contributed by atoms with E-state index < -0.39 is 12.0 Å². The molecule has 9 heteroatoms. The Hall–Kier alpha value is -3.98. The monoisotopic (exact) mass is 501 g/mol. The van der Waals surface area contributed by atoms with Gasteiger partial charge < -0.3 is 14.7 Å². The summed E-state index contributed by atoms with van der Waals surface area (Å²) in [7, 11) is 3.67. The highest BCUT2D eigenvalue weighted by Gasteiger charge is 2.32. The van der Waals surface area contributed by atoms with Gasteiger partial charge >= 0.3 is 5.97 Å². The standard InChI is InChI=1S/C27H27N5O3S/c1-15-16(2)36-27-24(15)25(28-22(14-23(33)34)26-30-29-17(3)32(26)27)18-6-8-19(9-7-18)31(4)20-10-12-21(35-5)13-11-20/h6-13,22H,14H2,1-5H3,(H,33,34)/t22-/m0/s1. The molecule has 8 nitrogen and oxygen atoms in total. The van der Waals surface area contributed by atoms with Crippen LogP contribution in [0.4, 0.5) is 11.4 Å². The van der Waals surface area contributed by atoms with Crippen LogP contribution >= 0.6 is 11.3 Å². The second kappa shape index (κ2) is 9.23. The van der Waals surface area contributed by atoms with Crippen LogP contribution in [0.5, 0.6) is 5.75 Å². The average molecular weight is 502 g/mol. The summed E-state index contributed by atoms with van der Waals surface area (Å²) in [4.78, 5) is 20.0. The van der Waals surface area contributed by atoms with Gasteiger partial charge in [0.05, 0.1) is 19.2 Å². The Morgan fingerprint density at radius 1 is 1.06 bits per heavy atom. The Bertz CT molecular complexity index is 1470. The van der Waals surface area contributed by atoms with Gasteiger partial charge in [0, 0.05) is 34.4 Å². The van der Waals surface area contributed by atoms with Gasteiger partial charge in [0.15, 0.2) is 5.82 Å². The van der Waals surface area contributed by atoms with Gasteiger partial charge in [-0.1, -0.05) is 12.1 Å². The molecule has 0 unspecified atom stereocenters. The Labute approximate surface area is 213 Å². The van der Waals surface area contributed by atoms with Crippen molar-refractivity contribution in [1.29, 1.82) is 0 Å². The van der Waals surface area contributed by atoms with Crippen LogP contribution in [0.2, 0.25) is 0 Å². The Kier molecular flexibility index (Phi) is 6.09. The number of methoxy groups -OCH3 is 1. The second-order valence-corrected chi connectivity index (χ2v) is 10.0. The molecule has 0 saturated heterocycles. The van der Waals surface area contributed by atoms with Gasteiger partial charge in [-0.15, -0.1) is 21.5 Å². The van der Waals surface area contributed by atoms with E-state index in [1.807, 2.05) is 54.9 Å². The molecule has 2 aromatic heterocycles. The largest absolute Gasteiger partial charge is 0.497 e. The number of aromatic nitrogens is 3. The van der Waals surface area contributed by atoms with E-state index in [4.69, 9.17) is 9.73 Å². The number of fused-ring (bicyclic) bond motifs is 3. The van der Waals surface area contributed by atoms with Crippen molar-refractivity contribution in [1.82, 2.24) is 14.8 Å². The number of hydrogen-bond donors (Lipinski definition) is 1. The van der Waals surface area contributed by atoms with Crippen LogP contribution in [0.3, 0.4) is 0 Å². The highest BCUT2D eigenvalue weighted by molar-refractivity contribution is 7.15. The molecule has 4 aromatic rings. The van der Waals surface area contributed by atoms with Crippen molar-refractivity contribution in [3.63, 3.8) is 0 Å². The first kappa shape index (κ1) is 23.7. The first-order chi connectivity index (χ1) is 17.3. The summed E-state index contributed by atoms with van der Waals surface area (Å²) in [6.07, 6.45) is -0.160. The minimum Gasteiger partial charge on any atom is -0.497 e. The Balaban J connectivity index is 1.59. The van der Waals surface area contributed by atoms with Crippen LogP contribution in [0.1, 0.15) is 45.7 Å². The van der Waals surface area contributed by atoms with Gasteiger partial charge in [-0.2, -0.15) is 0 Å². The van der Waals surface area contributed by atoms with Crippen LogP contribution in [-0.4, -0.2) is 45.7 Å². The number of aryl methyl sites for hydroxylation is 2. The molecule has 1 aliphatic rings. The third kappa shape index (κ3) is 4.05. The third-order valence-electron chi connectivity index (χ3n) is 6.60. The minimum absolute atomic E-state index is 0.160. The van der Waals surface area contributed by atoms with Gasteiger partial charge in [0.1, 0.15) is 22.6 Å². The summed E-state index contributed by atoms with van der Waals surface area (Å²) in [6, 6.07) is 15.5. The Morgan fingerprint density at radius 2 is 1.69 bits per heavy atom. The molecule has 1 N–H and O–H groups in total. The molecule has 2 aromatic carbocycles. The smallest absolute Gasteiger partial charge is 0.306 e. The van der Waals surface area contributed by atoms with Crippen molar-refractivity contribution in [2.45, 2.75) is 33.2 Å². The number of benzene rings is 2. The molecule has 36 heavy (non-hydrogen) atoms. The van der Waals surface area contributed by atoms with Gasteiger partial charge in [-0.25, -0.2) is 0 Å². The van der Waals surface area contributed by atoms with E-state index in [2.05, 4.69) is 41.1 Å². The van der Waals surface area contributed by atoms with Crippen molar-refractivity contribution >= 4 is 34.4 Å². The van der Waals surface area contributed by atoms with Crippen LogP contribution in [0.25, 0.3) is 5.00 Å². The molecule has 1 aliphatic heterocycles. The van der Waals surface area contributed by atoms with Crippen molar-refractivity contribution < 1.29 is 14.6 Å². The molecule has 0 amide bonds. The number of carboxylic acid groups (broad SMARTS) is 1. The quantitative estimate of drug-likeness (QED) is 0.380. The summed E-state index contributed by atoms with van der Waals surface area (Å²) in [5.41, 5.74) is 5.90. The lowest BCUT2D eigenvalue weighted by molar-refractivity contribution is -0.137. The summed E-state index contributed by atoms with van der Waals surface area (Å²) >= 11 is 1.66. The molecular formula is C27H27N5O3S. The molecule has 0 saturated carbocycles. The number of carbonyl (C=O) groups is 1. The number of aliphatic carboxylic acids is 1. The van der Waals surface area contributed by atoms with E-state index in [0.29, 0.717) is 5.82 Å². The average Bonchev–Trinajstić information content (AvgIpc) is 3.35. The normalized spacial score (nSPS) is 14.5. The highest BCUT2D eigenvalue weighted by Crippen LogP contribution is 2.39. The molecule has 1 atom stereocenters. The zero-order chi connectivity index (χ0) is 25.6. The van der Waals surface area contributed by atoms with Crippen molar-refractivity contribution in [2.24, 2.45) is 4.99 Å². The van der Waals surface area contributed by atoms with Crippen LogP contribution in [-0.2, 0) is 4.79 Å². The molecule has 3 heterocycles. The summed E-state index contributed by atoms with van der Waals surface area (Å²) in [5, 5.41) is 19.2. The molecule has 0 aliphatic carbocycles. The topological polar surface area (TPSA) is 92.8 Å². The van der Waals surface area contributed by atoms with E-state index in [1.54, 1.807) is 18.4 Å². The molecule has 5 rings (SSSR count). The zero-order valence-electron chi connectivity index (χ0n) is 20.8. The first-order valence-corrected chi connectivity index (χ1v) is 12.4. The lowest BCUT2D eigenvalue weighted by Gasteiger charge is -2.20. The van der Waals surface area contributed by atoms with E-state index in [0.717, 1.165) is 50.4 Å². The van der Waals surface area contributed by atoms with Crippen LogP contribution in [0.15, 0.2) is 53.5 Å². The van der Waals surface area contributed by atoms with Crippen molar-refractivity contribution in [3.8, 4) is 10.8 Å². The SMILES string of the molecule is COc1ccc(N(C)c2ccc(C3=N[C@@H](CC(=O)O)c4nnc(C)n4-c4sc(C)c(C)c43)cc2)cc1. The number of carboxylic acids is 1. The van der Waals surface area contributed by atoms with Gasteiger partial charge in [0.25, 0.3) is 0 Å². The van der Waals surface area contributed by atoms with Crippen molar-refractivity contribution in [3.05, 3.63) is 81.7 Å². The van der Waals surface area contributed by atoms with Gasteiger partial charge in [-0.3, -0.25) is 14.4 Å². The molecule has 0 radical (unpaired) electrons. The number of anilines is 2. The van der Waals surface area contributed by atoms with Gasteiger partial charge in [-0.05, 0) is 62.7 Å². The van der Waals surface area contributed by atoms with Crippen LogP contribution < -0.4 is 9.64 Å². The maximum absolute atomic E-state index is 11.7. The maximum Gasteiger partial charge on any atom is 0.306 e.